The van der Waals surface area contributed by atoms with Gasteiger partial charge in [0.1, 0.15) is 7.05 Å². The molecular formula is C23H23KN4O3. The second-order valence-electron chi connectivity index (χ2n) is 6.77. The number of methoxy groups -OCH3 is 1. The predicted octanol–water partition coefficient (Wildman–Crippen LogP) is -0.0160. The third-order valence-corrected chi connectivity index (χ3v) is 4.46. The Morgan fingerprint density at radius 2 is 1.87 bits per heavy atom. The second-order valence-corrected chi connectivity index (χ2v) is 6.77. The molecule has 1 atom stereocenters. The van der Waals surface area contributed by atoms with Gasteiger partial charge in [0, 0.05) is 17.3 Å². The van der Waals surface area contributed by atoms with Crippen molar-refractivity contribution in [1.82, 2.24) is 5.32 Å². The molecule has 0 aliphatic carbocycles. The van der Waals surface area contributed by atoms with Crippen molar-refractivity contribution < 1.29 is 70.3 Å². The summed E-state index contributed by atoms with van der Waals surface area (Å²) in [5, 5.41) is 6.01. The van der Waals surface area contributed by atoms with Crippen LogP contribution < -0.4 is 62.0 Å². The van der Waals surface area contributed by atoms with E-state index < -0.39 is 5.97 Å². The number of nitrogens with zero attached hydrogens (tertiary/aromatic N) is 2. The summed E-state index contributed by atoms with van der Waals surface area (Å²) in [7, 11) is 3.26. The van der Waals surface area contributed by atoms with Gasteiger partial charge in [-0.1, -0.05) is 12.1 Å². The Kier molecular flexibility index (Phi) is 9.67. The van der Waals surface area contributed by atoms with Crippen molar-refractivity contribution in [2.75, 3.05) is 19.5 Å². The van der Waals surface area contributed by atoms with Crippen LogP contribution in [0.2, 0.25) is 0 Å². The molecular weight excluding hydrogens is 419 g/mol. The fraction of sp³-hybridized carbons (Fsp3) is 0.174. The summed E-state index contributed by atoms with van der Waals surface area (Å²) in [4.78, 5) is 28.2. The van der Waals surface area contributed by atoms with Gasteiger partial charge < -0.3 is 31.1 Å². The molecule has 2 aromatic rings. The van der Waals surface area contributed by atoms with Crippen molar-refractivity contribution in [1.29, 1.82) is 0 Å². The van der Waals surface area contributed by atoms with Gasteiger partial charge in [-0.3, -0.25) is 4.79 Å². The number of carbonyl (C=O) groups excluding carboxylic acids is 2. The minimum Gasteiger partial charge on any atom is -0.560 e. The van der Waals surface area contributed by atoms with Crippen LogP contribution in [-0.2, 0) is 4.74 Å². The number of benzene rings is 2. The van der Waals surface area contributed by atoms with E-state index in [0.29, 0.717) is 16.8 Å². The Morgan fingerprint density at radius 1 is 1.19 bits per heavy atom. The minimum absolute atomic E-state index is 0. The molecule has 0 saturated heterocycles. The summed E-state index contributed by atoms with van der Waals surface area (Å²) in [6, 6.07) is 13.8. The molecule has 1 aliphatic rings. The van der Waals surface area contributed by atoms with Gasteiger partial charge >= 0.3 is 57.4 Å². The van der Waals surface area contributed by atoms with Crippen LogP contribution in [0.4, 0.5) is 5.69 Å². The van der Waals surface area contributed by atoms with Crippen LogP contribution in [-0.4, -0.2) is 42.5 Å². The predicted molar refractivity (Wildman–Crippen MR) is 116 cm³/mol. The average molecular weight is 443 g/mol. The quantitative estimate of drug-likeness (QED) is 0.208. The summed E-state index contributed by atoms with van der Waals surface area (Å²) >= 11 is 0. The summed E-state index contributed by atoms with van der Waals surface area (Å²) in [5.41, 5.74) is 3.40. The van der Waals surface area contributed by atoms with E-state index in [9.17, 15) is 9.59 Å². The molecule has 7 nitrogen and oxygen atoms in total. The van der Waals surface area contributed by atoms with Crippen LogP contribution in [0.15, 0.2) is 59.7 Å². The molecule has 154 valence electrons. The Morgan fingerprint density at radius 3 is 2.52 bits per heavy atom. The first-order chi connectivity index (χ1) is 14.5. The Labute approximate surface area is 224 Å². The molecule has 1 heterocycles. The molecule has 0 bridgehead atoms. The Hall–Kier alpha value is -2.23. The molecule has 0 radical (unpaired) electrons. The van der Waals surface area contributed by atoms with Gasteiger partial charge in [-0.2, -0.15) is 0 Å². The van der Waals surface area contributed by atoms with Crippen LogP contribution in [0.5, 0.6) is 0 Å². The maximum absolute atomic E-state index is 12.5. The standard InChI is InChI=1S/C23H23N4O3.K/c1-16(24-11-12-25-21-14-27(2)15-21)19-5-4-6-20(13-19)26-22(28)17-7-9-18(10-8-17)23(29)30-3;/h4-10,12-16,24H,1-3H3,(H,26,28);/q-1;+1. The molecule has 3 rings (SSSR count). The number of hydrogen-bond acceptors (Lipinski definition) is 5. The molecule has 0 saturated carbocycles. The third-order valence-electron chi connectivity index (χ3n) is 4.46. The van der Waals surface area contributed by atoms with Crippen LogP contribution >= 0.6 is 0 Å². The number of hydrogen-bond donors (Lipinski definition) is 2. The SMILES string of the molecule is COC(=O)c1ccc(C(=O)Nc2cccc(C(C)N[C-]=CN=C3C=[N+](C)[CH-]3)c2)cc1.[K+]. The number of nitrogens with one attached hydrogen (secondary N) is 2. The molecule has 1 aliphatic heterocycles. The van der Waals surface area contributed by atoms with E-state index in [1.165, 1.54) is 7.11 Å². The first kappa shape index (κ1) is 25.0. The largest absolute Gasteiger partial charge is 1.00 e. The number of anilines is 1. The Balaban J connectivity index is 0.00000341. The van der Waals surface area contributed by atoms with Crippen molar-refractivity contribution >= 4 is 29.5 Å². The van der Waals surface area contributed by atoms with Crippen molar-refractivity contribution in [3.8, 4) is 0 Å². The van der Waals surface area contributed by atoms with E-state index >= 15 is 0 Å². The van der Waals surface area contributed by atoms with Crippen LogP contribution in [0.3, 0.4) is 0 Å². The number of rotatable bonds is 7. The van der Waals surface area contributed by atoms with Crippen LogP contribution in [0.25, 0.3) is 0 Å². The zero-order valence-corrected chi connectivity index (χ0v) is 21.2. The summed E-state index contributed by atoms with van der Waals surface area (Å²) < 4.78 is 6.59. The van der Waals surface area contributed by atoms with Gasteiger partial charge in [0.25, 0.3) is 5.91 Å². The fourth-order valence-electron chi connectivity index (χ4n) is 2.79. The molecule has 0 fully saturated rings. The molecule has 0 spiro atoms. The maximum Gasteiger partial charge on any atom is 1.00 e. The van der Waals surface area contributed by atoms with Crippen molar-refractivity contribution in [3.05, 3.63) is 84.2 Å². The van der Waals surface area contributed by atoms with Crippen LogP contribution in [0.1, 0.15) is 39.2 Å². The van der Waals surface area contributed by atoms with E-state index in [0.717, 1.165) is 11.3 Å². The van der Waals surface area contributed by atoms with Crippen LogP contribution in [0, 0.1) is 12.7 Å². The van der Waals surface area contributed by atoms with E-state index in [-0.39, 0.29) is 63.3 Å². The van der Waals surface area contributed by atoms with Gasteiger partial charge in [0.2, 0.25) is 0 Å². The third kappa shape index (κ3) is 7.15. The normalized spacial score (nSPS) is 14.5. The molecule has 2 N–H and O–H groups in total. The number of esters is 1. The van der Waals surface area contributed by atoms with Crippen molar-refractivity contribution in [2.24, 2.45) is 4.99 Å². The first-order valence-electron chi connectivity index (χ1n) is 9.38. The van der Waals surface area contributed by atoms with Gasteiger partial charge in [-0.25, -0.2) is 4.79 Å². The number of ether oxygens (including phenoxy) is 1. The van der Waals surface area contributed by atoms with E-state index in [2.05, 4.69) is 26.6 Å². The Bertz CT molecular complexity index is 1030. The summed E-state index contributed by atoms with van der Waals surface area (Å²) in [5.74, 6) is -0.700. The number of carbonyl (C=O) groups is 2. The molecule has 31 heavy (non-hydrogen) atoms. The average Bonchev–Trinajstić information content (AvgIpc) is 2.74. The van der Waals surface area contributed by atoms with Crippen molar-refractivity contribution in [3.63, 3.8) is 0 Å². The van der Waals surface area contributed by atoms with E-state index in [1.54, 1.807) is 30.5 Å². The molecule has 0 aromatic heterocycles. The van der Waals surface area contributed by atoms with E-state index in [1.807, 2.05) is 55.6 Å². The summed E-state index contributed by atoms with van der Waals surface area (Å²) in [6.07, 6.45) is 6.46. The molecule has 8 heteroatoms. The molecule has 1 unspecified atom stereocenters. The van der Waals surface area contributed by atoms with Gasteiger partial charge in [0.05, 0.1) is 31.1 Å². The molecule has 2 aromatic carbocycles. The van der Waals surface area contributed by atoms with Crippen molar-refractivity contribution in [2.45, 2.75) is 13.0 Å². The zero-order valence-electron chi connectivity index (χ0n) is 18.0. The maximum atomic E-state index is 12.5. The monoisotopic (exact) mass is 442 g/mol. The smallest absolute Gasteiger partial charge is 0.560 e. The zero-order chi connectivity index (χ0) is 21.5. The van der Waals surface area contributed by atoms with E-state index in [4.69, 9.17) is 0 Å². The van der Waals surface area contributed by atoms with Gasteiger partial charge in [0.15, 0.2) is 0 Å². The minimum atomic E-state index is -0.440. The molecule has 1 amide bonds. The topological polar surface area (TPSA) is 82.8 Å². The summed E-state index contributed by atoms with van der Waals surface area (Å²) in [6.45, 7) is 3.91. The number of aliphatic imine (C=N–C) groups is 1. The second kappa shape index (κ2) is 12.0. The van der Waals surface area contributed by atoms with Gasteiger partial charge in [-0.15, -0.1) is 6.20 Å². The fourth-order valence-corrected chi connectivity index (χ4v) is 2.79. The first-order valence-corrected chi connectivity index (χ1v) is 9.38. The van der Waals surface area contributed by atoms with Gasteiger partial charge in [-0.05, 0) is 48.9 Å². The number of amides is 1.